The fourth-order valence-electron chi connectivity index (χ4n) is 2.43. The van der Waals surface area contributed by atoms with Gasteiger partial charge in [-0.3, -0.25) is 4.99 Å². The van der Waals surface area contributed by atoms with Crippen LogP contribution in [0.1, 0.15) is 30.9 Å². The highest BCUT2D eigenvalue weighted by Crippen LogP contribution is 2.23. The number of nitrogens with zero attached hydrogens (tertiary/aromatic N) is 2. The number of hydrogen-bond acceptors (Lipinski definition) is 3. The molecule has 1 aliphatic heterocycles. The van der Waals surface area contributed by atoms with E-state index in [1.807, 2.05) is 6.07 Å². The van der Waals surface area contributed by atoms with Crippen molar-refractivity contribution in [3.8, 4) is 6.07 Å². The summed E-state index contributed by atoms with van der Waals surface area (Å²) in [6.07, 6.45) is 2.08. The molecule has 23 heavy (non-hydrogen) atoms. The smallest absolute Gasteiger partial charge is 0.191 e. The van der Waals surface area contributed by atoms with Crippen LogP contribution in [-0.2, 0) is 11.3 Å². The molecule has 1 unspecified atom stereocenters. The number of halogens is 2. The van der Waals surface area contributed by atoms with Crippen molar-refractivity contribution in [3.63, 3.8) is 0 Å². The van der Waals surface area contributed by atoms with E-state index < -0.39 is 0 Å². The number of rotatable bonds is 4. The molecule has 1 saturated heterocycles. The molecule has 0 spiro atoms. The molecule has 0 amide bonds. The first-order valence-electron chi connectivity index (χ1n) is 7.33. The van der Waals surface area contributed by atoms with Crippen LogP contribution in [0.4, 0.5) is 4.39 Å². The Bertz CT molecular complexity index is 594. The number of guanidine groups is 1. The van der Waals surface area contributed by atoms with Gasteiger partial charge < -0.3 is 15.4 Å². The Labute approximate surface area is 153 Å². The normalized spacial score (nSPS) is 20.5. The Morgan fingerprint density at radius 1 is 1.48 bits per heavy atom. The van der Waals surface area contributed by atoms with Crippen molar-refractivity contribution >= 4 is 29.9 Å². The first-order chi connectivity index (χ1) is 10.6. The minimum atomic E-state index is -0.340. The summed E-state index contributed by atoms with van der Waals surface area (Å²) in [7, 11) is 1.66. The molecule has 1 aliphatic rings. The van der Waals surface area contributed by atoms with Crippen molar-refractivity contribution in [1.29, 1.82) is 5.26 Å². The highest BCUT2D eigenvalue weighted by atomic mass is 127. The third-order valence-corrected chi connectivity index (χ3v) is 3.77. The average Bonchev–Trinajstić information content (AvgIpc) is 2.96. The fourth-order valence-corrected chi connectivity index (χ4v) is 2.43. The largest absolute Gasteiger partial charge is 0.373 e. The standard InChI is InChI=1S/C16H21FN4O.HI/c1-16(6-3-7-22-16)11-21-15(19-2)20-10-13-8-12(9-18)4-5-14(13)17;/h4-5,8H,3,6-7,10-11H2,1-2H3,(H2,19,20,21);1H. The van der Waals surface area contributed by atoms with Crippen LogP contribution in [-0.4, -0.2) is 31.8 Å². The molecule has 5 nitrogen and oxygen atoms in total. The predicted octanol–water partition coefficient (Wildman–Crippen LogP) is 2.55. The monoisotopic (exact) mass is 432 g/mol. The lowest BCUT2D eigenvalue weighted by Crippen LogP contribution is -2.45. The third kappa shape index (κ3) is 5.62. The molecule has 1 aromatic rings. The molecule has 1 aromatic carbocycles. The highest BCUT2D eigenvalue weighted by molar-refractivity contribution is 14.0. The summed E-state index contributed by atoms with van der Waals surface area (Å²) in [6, 6.07) is 6.31. The maximum atomic E-state index is 13.7. The molecule has 2 rings (SSSR count). The number of aliphatic imine (C=N–C) groups is 1. The summed E-state index contributed by atoms with van der Waals surface area (Å²) in [5.41, 5.74) is 0.696. The molecular formula is C16H22FIN4O. The number of nitrogens with one attached hydrogen (secondary N) is 2. The van der Waals surface area contributed by atoms with Crippen molar-refractivity contribution in [1.82, 2.24) is 10.6 Å². The lowest BCUT2D eigenvalue weighted by molar-refractivity contribution is 0.0243. The summed E-state index contributed by atoms with van der Waals surface area (Å²) in [4.78, 5) is 4.12. The summed E-state index contributed by atoms with van der Waals surface area (Å²) in [5, 5.41) is 15.1. The van der Waals surface area contributed by atoms with Gasteiger partial charge in [-0.1, -0.05) is 0 Å². The molecule has 1 fully saturated rings. The lowest BCUT2D eigenvalue weighted by atomic mass is 10.0. The van der Waals surface area contributed by atoms with Crippen molar-refractivity contribution in [3.05, 3.63) is 35.1 Å². The van der Waals surface area contributed by atoms with Gasteiger partial charge in [-0.15, -0.1) is 24.0 Å². The van der Waals surface area contributed by atoms with Crippen molar-refractivity contribution in [2.75, 3.05) is 20.2 Å². The SMILES string of the molecule is CN=C(NCc1cc(C#N)ccc1F)NCC1(C)CCCO1.I. The average molecular weight is 432 g/mol. The fraction of sp³-hybridized carbons (Fsp3) is 0.500. The number of nitriles is 1. The molecule has 1 heterocycles. The van der Waals surface area contributed by atoms with Gasteiger partial charge in [-0.2, -0.15) is 5.26 Å². The zero-order valence-corrected chi connectivity index (χ0v) is 15.7. The number of benzene rings is 1. The molecule has 126 valence electrons. The van der Waals surface area contributed by atoms with Gasteiger partial charge in [-0.05, 0) is 38.0 Å². The molecule has 0 bridgehead atoms. The van der Waals surface area contributed by atoms with Crippen LogP contribution in [0.3, 0.4) is 0 Å². The topological polar surface area (TPSA) is 69.4 Å². The van der Waals surface area contributed by atoms with E-state index in [-0.39, 0.29) is 41.9 Å². The van der Waals surface area contributed by atoms with Crippen LogP contribution < -0.4 is 10.6 Å². The van der Waals surface area contributed by atoms with Gasteiger partial charge in [0.25, 0.3) is 0 Å². The van der Waals surface area contributed by atoms with Crippen LogP contribution in [0, 0.1) is 17.1 Å². The second-order valence-corrected chi connectivity index (χ2v) is 5.60. The number of ether oxygens (including phenoxy) is 1. The quantitative estimate of drug-likeness (QED) is 0.436. The van der Waals surface area contributed by atoms with E-state index >= 15 is 0 Å². The van der Waals surface area contributed by atoms with E-state index in [1.165, 1.54) is 18.2 Å². The van der Waals surface area contributed by atoms with E-state index in [2.05, 4.69) is 22.5 Å². The maximum Gasteiger partial charge on any atom is 0.191 e. The molecular weight excluding hydrogens is 410 g/mol. The molecule has 0 aromatic heterocycles. The maximum absolute atomic E-state index is 13.7. The Kier molecular flexibility index (Phi) is 7.72. The van der Waals surface area contributed by atoms with Crippen LogP contribution in [0.5, 0.6) is 0 Å². The van der Waals surface area contributed by atoms with Crippen molar-refractivity contribution in [2.24, 2.45) is 4.99 Å². The van der Waals surface area contributed by atoms with Crippen LogP contribution in [0.15, 0.2) is 23.2 Å². The number of hydrogen-bond donors (Lipinski definition) is 2. The van der Waals surface area contributed by atoms with Gasteiger partial charge in [-0.25, -0.2) is 4.39 Å². The van der Waals surface area contributed by atoms with E-state index in [9.17, 15) is 4.39 Å². The Hall–Kier alpha value is -1.40. The second kappa shape index (κ2) is 9.03. The van der Waals surface area contributed by atoms with E-state index in [4.69, 9.17) is 10.00 Å². The van der Waals surface area contributed by atoms with Gasteiger partial charge in [0.1, 0.15) is 5.82 Å². The second-order valence-electron chi connectivity index (χ2n) is 5.60. The van der Waals surface area contributed by atoms with Gasteiger partial charge in [0.2, 0.25) is 0 Å². The zero-order chi connectivity index (χ0) is 16.0. The zero-order valence-electron chi connectivity index (χ0n) is 13.4. The Balaban J connectivity index is 0.00000264. The molecule has 0 radical (unpaired) electrons. The summed E-state index contributed by atoms with van der Waals surface area (Å²) >= 11 is 0. The molecule has 1 atom stereocenters. The molecule has 0 saturated carbocycles. The first kappa shape index (κ1) is 19.6. The summed E-state index contributed by atoms with van der Waals surface area (Å²) < 4.78 is 19.4. The summed E-state index contributed by atoms with van der Waals surface area (Å²) in [6.45, 7) is 3.76. The molecule has 7 heteroatoms. The summed E-state index contributed by atoms with van der Waals surface area (Å²) in [5.74, 6) is 0.242. The highest BCUT2D eigenvalue weighted by Gasteiger charge is 2.29. The van der Waals surface area contributed by atoms with Gasteiger partial charge in [0.15, 0.2) is 5.96 Å². The van der Waals surface area contributed by atoms with E-state index in [1.54, 1.807) is 7.05 Å². The van der Waals surface area contributed by atoms with E-state index in [0.29, 0.717) is 23.6 Å². The third-order valence-electron chi connectivity index (χ3n) is 3.77. The van der Waals surface area contributed by atoms with Crippen LogP contribution >= 0.6 is 24.0 Å². The lowest BCUT2D eigenvalue weighted by Gasteiger charge is -2.24. The van der Waals surface area contributed by atoms with Crippen LogP contribution in [0.25, 0.3) is 0 Å². The van der Waals surface area contributed by atoms with Gasteiger partial charge >= 0.3 is 0 Å². The predicted molar refractivity (Wildman–Crippen MR) is 98.3 cm³/mol. The Morgan fingerprint density at radius 3 is 2.87 bits per heavy atom. The van der Waals surface area contributed by atoms with Gasteiger partial charge in [0, 0.05) is 32.3 Å². The van der Waals surface area contributed by atoms with Crippen LogP contribution in [0.2, 0.25) is 0 Å². The minimum absolute atomic E-state index is 0. The van der Waals surface area contributed by atoms with E-state index in [0.717, 1.165) is 19.4 Å². The van der Waals surface area contributed by atoms with Crippen molar-refractivity contribution < 1.29 is 9.13 Å². The minimum Gasteiger partial charge on any atom is -0.373 e. The molecule has 0 aliphatic carbocycles. The first-order valence-corrected chi connectivity index (χ1v) is 7.33. The van der Waals surface area contributed by atoms with Gasteiger partial charge in [0.05, 0.1) is 17.2 Å². The van der Waals surface area contributed by atoms with Crippen molar-refractivity contribution in [2.45, 2.75) is 31.9 Å². The molecule has 2 N–H and O–H groups in total. The Morgan fingerprint density at radius 2 is 2.26 bits per heavy atom.